The van der Waals surface area contributed by atoms with Gasteiger partial charge in [0.25, 0.3) is 0 Å². The fraction of sp³-hybridized carbons (Fsp3) is 0. The second kappa shape index (κ2) is 4.90. The topological polar surface area (TPSA) is 0 Å². The van der Waals surface area contributed by atoms with Gasteiger partial charge in [-0.25, -0.2) is 0 Å². The zero-order valence-electron chi connectivity index (χ0n) is 7.08. The van der Waals surface area contributed by atoms with Gasteiger partial charge < -0.3 is 0 Å². The zero-order valence-corrected chi connectivity index (χ0v) is 15.9. The van der Waals surface area contributed by atoms with Crippen molar-refractivity contribution in [1.29, 1.82) is 0 Å². The van der Waals surface area contributed by atoms with Gasteiger partial charge >= 0.3 is 119 Å². The summed E-state index contributed by atoms with van der Waals surface area (Å²) in [5, 5.41) is 2.81. The molecule has 0 saturated carbocycles. The van der Waals surface area contributed by atoms with Crippen LogP contribution in [0.1, 0.15) is 0 Å². The molecule has 0 aliphatic heterocycles. The van der Waals surface area contributed by atoms with E-state index in [-0.39, 0.29) is 0 Å². The van der Waals surface area contributed by atoms with E-state index in [0.717, 1.165) is 0 Å². The Labute approximate surface area is 117 Å². The average molecular weight is 635 g/mol. The van der Waals surface area contributed by atoms with Crippen molar-refractivity contribution in [3.63, 3.8) is 0 Å². The Bertz CT molecular complexity index is 457. The molecule has 2 aromatic rings. The van der Waals surface area contributed by atoms with Gasteiger partial charge in [0.05, 0.1) is 0 Å². The summed E-state index contributed by atoms with van der Waals surface area (Å²) in [5.41, 5.74) is 0. The van der Waals surface area contributed by atoms with E-state index < -0.39 is 6.35 Å². The molecule has 0 spiro atoms. The van der Waals surface area contributed by atoms with Gasteiger partial charge in [0.1, 0.15) is 0 Å². The first-order valence-electron chi connectivity index (χ1n) is 3.99. The summed E-state index contributed by atoms with van der Waals surface area (Å²) in [6.07, 6.45) is -1.81. The van der Waals surface area contributed by atoms with E-state index in [1.165, 1.54) is 10.8 Å². The van der Waals surface area contributed by atoms with Crippen molar-refractivity contribution in [1.82, 2.24) is 0 Å². The number of benzene rings is 2. The molecule has 0 aliphatic carbocycles. The molecule has 2 aromatic carbocycles. The van der Waals surface area contributed by atoms with E-state index in [0.29, 0.717) is 0 Å². The van der Waals surface area contributed by atoms with Crippen LogP contribution in [0.4, 0.5) is 0 Å². The van der Waals surface area contributed by atoms with Crippen LogP contribution in [0.15, 0.2) is 42.5 Å². The van der Waals surface area contributed by atoms with Crippen molar-refractivity contribution in [2.45, 2.75) is 0 Å². The van der Waals surface area contributed by atoms with Gasteiger partial charge in [0.15, 0.2) is 0 Å². The molecule has 0 bridgehead atoms. The maximum atomic E-state index is 2.65. The molecule has 0 nitrogen and oxygen atoms in total. The third-order valence-electron chi connectivity index (χ3n) is 2.00. The summed E-state index contributed by atoms with van der Waals surface area (Å²) in [5.74, 6) is 0. The van der Waals surface area contributed by atoms with Crippen LogP contribution in [0, 0.1) is 0 Å². The number of fused-ring (bicyclic) bond motifs is 1. The fourth-order valence-electron chi connectivity index (χ4n) is 1.40. The van der Waals surface area contributed by atoms with Crippen molar-refractivity contribution >= 4 is 76.8 Å². The van der Waals surface area contributed by atoms with E-state index in [1.54, 1.807) is 3.61 Å². The normalized spacial score (nSPS) is 13.1. The molecule has 0 fully saturated rings. The predicted molar refractivity (Wildman–Crippen MR) is 91.4 cm³/mol. The maximum absolute atomic E-state index is 2.65. The Kier molecular flexibility index (Phi) is 4.25. The van der Waals surface area contributed by atoms with Crippen LogP contribution in [-0.2, 0) is 0 Å². The monoisotopic (exact) mass is 638 g/mol. The molecule has 0 unspecified atom stereocenters. The summed E-state index contributed by atoms with van der Waals surface area (Å²) in [6.45, 7) is 0. The molecular formula is C10H7I3Te. The second-order valence-corrected chi connectivity index (χ2v) is 67.0. The third kappa shape index (κ3) is 2.67. The summed E-state index contributed by atoms with van der Waals surface area (Å²) in [6, 6.07) is 15.3. The first kappa shape index (κ1) is 12.1. The van der Waals surface area contributed by atoms with E-state index in [4.69, 9.17) is 0 Å². The molecular weight excluding hydrogens is 628 g/mol. The molecule has 0 aliphatic rings. The van der Waals surface area contributed by atoms with Crippen molar-refractivity contribution in [3.05, 3.63) is 42.5 Å². The van der Waals surface area contributed by atoms with Gasteiger partial charge in [0, 0.05) is 0 Å². The molecule has 0 amide bonds. The fourth-order valence-corrected chi connectivity index (χ4v) is 11.0. The van der Waals surface area contributed by atoms with Crippen LogP contribution in [-0.4, -0.2) is 6.35 Å². The van der Waals surface area contributed by atoms with Gasteiger partial charge in [-0.2, -0.15) is 0 Å². The van der Waals surface area contributed by atoms with Crippen LogP contribution in [0.2, 0.25) is 0 Å². The molecule has 0 saturated heterocycles. The molecule has 14 heavy (non-hydrogen) atoms. The predicted octanol–water partition coefficient (Wildman–Crippen LogP) is 4.29. The van der Waals surface area contributed by atoms with Crippen LogP contribution in [0.3, 0.4) is 0 Å². The van der Waals surface area contributed by atoms with E-state index in [1.807, 2.05) is 0 Å². The Balaban J connectivity index is 2.78. The molecule has 0 heterocycles. The Morgan fingerprint density at radius 3 is 2.14 bits per heavy atom. The average Bonchev–Trinajstić information content (AvgIpc) is 2.15. The summed E-state index contributed by atoms with van der Waals surface area (Å²) >= 11 is 7.96. The number of hydrogen-bond donors (Lipinski definition) is 0. The Hall–Kier alpha value is 1.68. The van der Waals surface area contributed by atoms with Crippen LogP contribution in [0.5, 0.6) is 0 Å². The van der Waals surface area contributed by atoms with Gasteiger partial charge in [-0.05, 0) is 0 Å². The SMILES string of the molecule is I[Te](I)(I)c1cccc2ccccc12. The molecule has 0 aromatic heterocycles. The van der Waals surface area contributed by atoms with Gasteiger partial charge in [-0.3, -0.25) is 0 Å². The van der Waals surface area contributed by atoms with Crippen molar-refractivity contribution in [2.75, 3.05) is 0 Å². The summed E-state index contributed by atoms with van der Waals surface area (Å²) in [7, 11) is 0. The number of halogens is 3. The first-order valence-corrected chi connectivity index (χ1v) is 25.5. The minimum absolute atomic E-state index is 1.37. The quantitative estimate of drug-likeness (QED) is 0.324. The molecule has 0 N–H and O–H groups in total. The van der Waals surface area contributed by atoms with Crippen molar-refractivity contribution in [2.24, 2.45) is 0 Å². The van der Waals surface area contributed by atoms with E-state index in [2.05, 4.69) is 98.5 Å². The van der Waals surface area contributed by atoms with Gasteiger partial charge in [-0.1, -0.05) is 0 Å². The van der Waals surface area contributed by atoms with E-state index in [9.17, 15) is 0 Å². The van der Waals surface area contributed by atoms with Crippen molar-refractivity contribution < 1.29 is 0 Å². The van der Waals surface area contributed by atoms with E-state index >= 15 is 0 Å². The minimum atomic E-state index is -1.81. The van der Waals surface area contributed by atoms with Crippen LogP contribution in [0.25, 0.3) is 10.8 Å². The van der Waals surface area contributed by atoms with Gasteiger partial charge in [0.2, 0.25) is 0 Å². The first-order chi connectivity index (χ1) is 6.59. The van der Waals surface area contributed by atoms with Crippen LogP contribution >= 0.6 is 56.1 Å². The molecule has 2 rings (SSSR count). The molecule has 0 radical (unpaired) electrons. The molecule has 0 atom stereocenters. The number of hydrogen-bond acceptors (Lipinski definition) is 0. The standard InChI is InChI=1S/C10H7I3Te/c11-14(12,13)10-7-3-5-8-4-1-2-6-9(8)10/h1-7H. The molecule has 74 valence electrons. The van der Waals surface area contributed by atoms with Crippen molar-refractivity contribution in [3.8, 4) is 0 Å². The Morgan fingerprint density at radius 2 is 1.43 bits per heavy atom. The molecule has 4 heteroatoms. The second-order valence-electron chi connectivity index (χ2n) is 2.88. The number of rotatable bonds is 1. The summed E-state index contributed by atoms with van der Waals surface area (Å²) < 4.78 is 1.58. The van der Waals surface area contributed by atoms with Gasteiger partial charge in [-0.15, -0.1) is 0 Å². The third-order valence-corrected chi connectivity index (χ3v) is 14.0. The Morgan fingerprint density at radius 1 is 0.786 bits per heavy atom. The van der Waals surface area contributed by atoms with Crippen LogP contribution < -0.4 is 3.61 Å². The zero-order chi connectivity index (χ0) is 10.2. The summed E-state index contributed by atoms with van der Waals surface area (Å²) in [4.78, 5) is 0.